The van der Waals surface area contributed by atoms with Crippen molar-refractivity contribution in [2.24, 2.45) is 7.05 Å². The zero-order chi connectivity index (χ0) is 37.2. The Bertz CT molecular complexity index is 2160. The van der Waals surface area contributed by atoms with Gasteiger partial charge < -0.3 is 25.3 Å². The molecule has 7 rings (SSSR count). The van der Waals surface area contributed by atoms with Gasteiger partial charge in [0.25, 0.3) is 5.91 Å². The van der Waals surface area contributed by atoms with Gasteiger partial charge in [0.15, 0.2) is 5.82 Å². The zero-order valence-electron chi connectivity index (χ0n) is 30.1. The summed E-state index contributed by atoms with van der Waals surface area (Å²) in [6.45, 7) is 7.70. The summed E-state index contributed by atoms with van der Waals surface area (Å²) in [4.78, 5) is 41.7. The molecule has 53 heavy (non-hydrogen) atoms. The Balaban J connectivity index is 1.05. The van der Waals surface area contributed by atoms with Gasteiger partial charge in [0.2, 0.25) is 11.8 Å². The number of aromatic nitrogens is 6. The van der Waals surface area contributed by atoms with Crippen LogP contribution in [-0.4, -0.2) is 79.2 Å². The van der Waals surface area contributed by atoms with E-state index in [1.165, 1.54) is 5.56 Å². The van der Waals surface area contributed by atoms with Crippen LogP contribution in [0.25, 0.3) is 22.5 Å². The maximum Gasteiger partial charge on any atom is 0.291 e. The predicted octanol–water partition coefficient (Wildman–Crippen LogP) is 5.42. The van der Waals surface area contributed by atoms with Gasteiger partial charge >= 0.3 is 0 Å². The summed E-state index contributed by atoms with van der Waals surface area (Å²) in [5.41, 5.74) is 8.90. The van der Waals surface area contributed by atoms with Crippen molar-refractivity contribution in [2.75, 3.05) is 32.1 Å². The number of fused-ring (bicyclic) bond motifs is 1. The number of aromatic amines is 1. The van der Waals surface area contributed by atoms with Crippen LogP contribution in [-0.2, 0) is 37.8 Å². The fourth-order valence-electron chi connectivity index (χ4n) is 7.15. The molecule has 5 aromatic rings. The first-order valence-corrected chi connectivity index (χ1v) is 18.4. The summed E-state index contributed by atoms with van der Waals surface area (Å²) in [5.74, 6) is 0.515. The molecule has 2 amide bonds. The highest BCUT2D eigenvalue weighted by Gasteiger charge is 2.27. The standard InChI is InChI=1S/C38H42Cl2N10O3/c1-21-25(22(2)48-47-21)13-16-50-17-14-31-30(20-50)44-36(49(31)3)37(52)45-29-7-5-6-27(33(29)39)35-34(40)26(12-15-42-35)28-10-8-23(38(46-28)53-4)18-41-19-24-9-11-32(51)43-24/h5-8,10,12,15,24,41H,9,11,13-14,16-20H2,1-4H3,(H,43,51)(H,45,52)(H,47,48). The van der Waals surface area contributed by atoms with E-state index in [4.69, 9.17) is 37.9 Å². The molecule has 1 atom stereocenters. The summed E-state index contributed by atoms with van der Waals surface area (Å²) in [6.07, 6.45) is 4.73. The van der Waals surface area contributed by atoms with E-state index in [1.807, 2.05) is 36.7 Å². The first-order chi connectivity index (χ1) is 25.6. The third kappa shape index (κ3) is 7.65. The molecule has 6 heterocycles. The first kappa shape index (κ1) is 36.5. The van der Waals surface area contributed by atoms with E-state index in [0.29, 0.717) is 76.0 Å². The van der Waals surface area contributed by atoms with Crippen molar-refractivity contribution in [3.63, 3.8) is 0 Å². The number of hydrogen-bond donors (Lipinski definition) is 4. The number of aryl methyl sites for hydroxylation is 2. The minimum Gasteiger partial charge on any atom is -0.481 e. The Kier molecular flexibility index (Phi) is 10.8. The summed E-state index contributed by atoms with van der Waals surface area (Å²) < 4.78 is 7.51. The van der Waals surface area contributed by atoms with Crippen molar-refractivity contribution in [1.29, 1.82) is 0 Å². The van der Waals surface area contributed by atoms with E-state index in [2.05, 4.69) is 43.0 Å². The molecule has 276 valence electrons. The molecular weight excluding hydrogens is 715 g/mol. The number of nitrogens with zero attached hydrogens (tertiary/aromatic N) is 6. The highest BCUT2D eigenvalue weighted by molar-refractivity contribution is 6.39. The van der Waals surface area contributed by atoms with Crippen LogP contribution >= 0.6 is 23.2 Å². The van der Waals surface area contributed by atoms with Gasteiger partial charge in [-0.25, -0.2) is 9.97 Å². The van der Waals surface area contributed by atoms with Gasteiger partial charge in [0.05, 0.1) is 45.6 Å². The number of carbonyl (C=O) groups is 2. The van der Waals surface area contributed by atoms with Crippen molar-refractivity contribution in [1.82, 2.24) is 45.2 Å². The molecule has 2 aliphatic rings. The van der Waals surface area contributed by atoms with E-state index < -0.39 is 0 Å². The number of ether oxygens (including phenoxy) is 1. The average molecular weight is 758 g/mol. The Hall–Kier alpha value is -4.82. The van der Waals surface area contributed by atoms with Crippen LogP contribution in [0.5, 0.6) is 5.88 Å². The van der Waals surface area contributed by atoms with Crippen LogP contribution in [0.4, 0.5) is 5.69 Å². The maximum absolute atomic E-state index is 13.7. The molecule has 2 aliphatic heterocycles. The third-order valence-corrected chi connectivity index (χ3v) is 10.9. The summed E-state index contributed by atoms with van der Waals surface area (Å²) in [5, 5.41) is 17.4. The number of carbonyl (C=O) groups excluding carboxylic acids is 2. The number of rotatable bonds is 12. The lowest BCUT2D eigenvalue weighted by Gasteiger charge is -2.26. The number of amides is 2. The monoisotopic (exact) mass is 756 g/mol. The largest absolute Gasteiger partial charge is 0.481 e. The van der Waals surface area contributed by atoms with Crippen LogP contribution in [0.2, 0.25) is 10.0 Å². The minimum absolute atomic E-state index is 0.0879. The molecule has 0 saturated carbocycles. The summed E-state index contributed by atoms with van der Waals surface area (Å²) >= 11 is 14.0. The van der Waals surface area contributed by atoms with Crippen molar-refractivity contribution in [2.45, 2.75) is 58.7 Å². The number of benzene rings is 1. The predicted molar refractivity (Wildman–Crippen MR) is 204 cm³/mol. The molecule has 0 radical (unpaired) electrons. The molecule has 15 heteroatoms. The molecule has 13 nitrogen and oxygen atoms in total. The fraction of sp³-hybridized carbons (Fsp3) is 0.368. The molecule has 0 bridgehead atoms. The Morgan fingerprint density at radius 1 is 1.08 bits per heavy atom. The molecule has 1 unspecified atom stereocenters. The lowest BCUT2D eigenvalue weighted by molar-refractivity contribution is -0.119. The number of methoxy groups -OCH3 is 1. The third-order valence-electron chi connectivity index (χ3n) is 10.1. The molecule has 1 saturated heterocycles. The van der Waals surface area contributed by atoms with Crippen LogP contribution in [0.3, 0.4) is 0 Å². The summed E-state index contributed by atoms with van der Waals surface area (Å²) in [6, 6.07) is 11.1. The van der Waals surface area contributed by atoms with E-state index >= 15 is 0 Å². The highest BCUT2D eigenvalue weighted by atomic mass is 35.5. The summed E-state index contributed by atoms with van der Waals surface area (Å²) in [7, 11) is 3.46. The Labute approximate surface area is 317 Å². The number of imidazole rings is 1. The van der Waals surface area contributed by atoms with Gasteiger partial charge in [0, 0.05) is 92.9 Å². The van der Waals surface area contributed by atoms with E-state index in [9.17, 15) is 9.59 Å². The second kappa shape index (κ2) is 15.7. The quantitative estimate of drug-likeness (QED) is 0.131. The van der Waals surface area contributed by atoms with Crippen LogP contribution in [0, 0.1) is 13.8 Å². The molecule has 0 spiro atoms. The van der Waals surface area contributed by atoms with Crippen molar-refractivity contribution in [3.8, 4) is 28.4 Å². The number of anilines is 1. The Morgan fingerprint density at radius 2 is 1.92 bits per heavy atom. The van der Waals surface area contributed by atoms with Crippen LogP contribution < -0.4 is 20.7 Å². The highest BCUT2D eigenvalue weighted by Crippen LogP contribution is 2.40. The molecule has 1 fully saturated rings. The van der Waals surface area contributed by atoms with E-state index in [1.54, 1.807) is 31.5 Å². The number of nitrogens with one attached hydrogen (secondary N) is 4. The minimum atomic E-state index is -0.358. The number of H-pyrrole nitrogens is 1. The average Bonchev–Trinajstić information content (AvgIpc) is 3.83. The van der Waals surface area contributed by atoms with Crippen LogP contribution in [0.15, 0.2) is 42.6 Å². The lowest BCUT2D eigenvalue weighted by Crippen LogP contribution is -2.35. The van der Waals surface area contributed by atoms with Gasteiger partial charge in [-0.15, -0.1) is 0 Å². The Morgan fingerprint density at radius 3 is 2.68 bits per heavy atom. The molecule has 0 aliphatic carbocycles. The normalized spacial score (nSPS) is 15.7. The SMILES string of the molecule is COc1nc(-c2ccnc(-c3cccc(NC(=O)c4nc5c(n4C)CCN(CCc4c(C)n[nH]c4C)C5)c3Cl)c2Cl)ccc1CNCC1CCC(=O)N1. The maximum atomic E-state index is 13.7. The number of hydrogen-bond acceptors (Lipinski definition) is 9. The zero-order valence-corrected chi connectivity index (χ0v) is 31.7. The molecule has 1 aromatic carbocycles. The number of halogens is 2. The van der Waals surface area contributed by atoms with Gasteiger partial charge in [0.1, 0.15) is 0 Å². The van der Waals surface area contributed by atoms with Crippen molar-refractivity contribution < 1.29 is 14.3 Å². The smallest absolute Gasteiger partial charge is 0.291 e. The van der Waals surface area contributed by atoms with Gasteiger partial charge in [-0.3, -0.25) is 24.6 Å². The topological polar surface area (TPSA) is 155 Å². The van der Waals surface area contributed by atoms with Gasteiger partial charge in [-0.05, 0) is 50.5 Å². The second-order valence-corrected chi connectivity index (χ2v) is 14.3. The molecule has 4 N–H and O–H groups in total. The van der Waals surface area contributed by atoms with Gasteiger partial charge in [-0.2, -0.15) is 5.10 Å². The van der Waals surface area contributed by atoms with E-state index in [0.717, 1.165) is 60.7 Å². The number of pyridine rings is 2. The lowest BCUT2D eigenvalue weighted by atomic mass is 10.1. The van der Waals surface area contributed by atoms with E-state index in [-0.39, 0.29) is 17.9 Å². The molecular formula is C38H42Cl2N10O3. The fourth-order valence-corrected chi connectivity index (χ4v) is 7.72. The van der Waals surface area contributed by atoms with Gasteiger partial charge in [-0.1, -0.05) is 41.4 Å². The second-order valence-electron chi connectivity index (χ2n) is 13.5. The molecule has 4 aromatic heterocycles. The first-order valence-electron chi connectivity index (χ1n) is 17.7. The van der Waals surface area contributed by atoms with Crippen molar-refractivity contribution >= 4 is 40.7 Å². The van der Waals surface area contributed by atoms with Crippen LogP contribution in [0.1, 0.15) is 57.4 Å². The van der Waals surface area contributed by atoms with Crippen molar-refractivity contribution in [3.05, 3.63) is 92.4 Å².